The average Bonchev–Trinajstić information content (AvgIpc) is 2.22. The molecule has 0 aromatic carbocycles. The van der Waals surface area contributed by atoms with E-state index in [9.17, 15) is 0 Å². The van der Waals surface area contributed by atoms with E-state index in [1.807, 2.05) is 13.8 Å². The van der Waals surface area contributed by atoms with Gasteiger partial charge in [-0.05, 0) is 33.2 Å². The number of nitrogens with zero attached hydrogens (tertiary/aromatic N) is 1. The van der Waals surface area contributed by atoms with Gasteiger partial charge in [-0.2, -0.15) is 5.26 Å². The molecule has 0 fully saturated rings. The van der Waals surface area contributed by atoms with Crippen LogP contribution in [0.2, 0.25) is 0 Å². The fourth-order valence-corrected chi connectivity index (χ4v) is 1.21. The van der Waals surface area contributed by atoms with E-state index in [0.717, 1.165) is 25.8 Å². The van der Waals surface area contributed by atoms with E-state index in [0.29, 0.717) is 6.54 Å². The molecular formula is C11H22N2O2. The number of unbranched alkanes of at least 4 members (excludes halogenated alkanes) is 1. The Morgan fingerprint density at radius 1 is 1.40 bits per heavy atom. The summed E-state index contributed by atoms with van der Waals surface area (Å²) in [5.74, 6) is 0. The highest BCUT2D eigenvalue weighted by Crippen LogP contribution is 2.21. The van der Waals surface area contributed by atoms with Crippen LogP contribution in [-0.4, -0.2) is 36.0 Å². The lowest BCUT2D eigenvalue weighted by molar-refractivity contribution is 0.0945. The first kappa shape index (κ1) is 14.4. The van der Waals surface area contributed by atoms with Gasteiger partial charge in [0.2, 0.25) is 0 Å². The minimum Gasteiger partial charge on any atom is -0.394 e. The number of rotatable bonds is 8. The molecule has 0 saturated heterocycles. The molecule has 0 aromatic rings. The molecule has 0 aromatic heterocycles. The Morgan fingerprint density at radius 3 is 2.60 bits per heavy atom. The van der Waals surface area contributed by atoms with Gasteiger partial charge in [0.05, 0.1) is 24.2 Å². The Labute approximate surface area is 91.9 Å². The maximum absolute atomic E-state index is 9.03. The molecule has 0 spiro atoms. The minimum absolute atomic E-state index is 0.200. The lowest BCUT2D eigenvalue weighted by Crippen LogP contribution is -2.30. The molecule has 0 aliphatic carbocycles. The van der Waals surface area contributed by atoms with Gasteiger partial charge in [0.25, 0.3) is 0 Å². The van der Waals surface area contributed by atoms with Gasteiger partial charge in [-0.15, -0.1) is 0 Å². The zero-order valence-corrected chi connectivity index (χ0v) is 9.66. The van der Waals surface area contributed by atoms with Crippen molar-refractivity contribution in [2.75, 3.05) is 19.7 Å². The smallest absolute Gasteiger partial charge is 0.0894 e. The van der Waals surface area contributed by atoms with Crippen LogP contribution in [0.25, 0.3) is 0 Å². The molecule has 4 heteroatoms. The molecule has 0 heterocycles. The summed E-state index contributed by atoms with van der Waals surface area (Å²) in [6.07, 6.45) is 2.22. The van der Waals surface area contributed by atoms with Crippen molar-refractivity contribution in [2.24, 2.45) is 5.41 Å². The maximum atomic E-state index is 9.03. The van der Waals surface area contributed by atoms with Crippen LogP contribution < -0.4 is 5.32 Å². The molecule has 0 rings (SSSR count). The van der Waals surface area contributed by atoms with Crippen molar-refractivity contribution in [1.82, 2.24) is 5.32 Å². The summed E-state index contributed by atoms with van der Waals surface area (Å²) in [7, 11) is 0. The molecular weight excluding hydrogens is 192 g/mol. The van der Waals surface area contributed by atoms with Crippen LogP contribution in [0, 0.1) is 16.7 Å². The van der Waals surface area contributed by atoms with Crippen molar-refractivity contribution in [1.29, 1.82) is 5.26 Å². The molecule has 88 valence electrons. The van der Waals surface area contributed by atoms with E-state index in [1.54, 1.807) is 0 Å². The number of aliphatic hydroxyl groups is 2. The molecule has 4 nitrogen and oxygen atoms in total. The van der Waals surface area contributed by atoms with Gasteiger partial charge in [0.15, 0.2) is 0 Å². The molecule has 0 amide bonds. The van der Waals surface area contributed by atoms with E-state index < -0.39 is 6.10 Å². The molecule has 0 radical (unpaired) electrons. The second kappa shape index (κ2) is 7.63. The molecule has 3 N–H and O–H groups in total. The number of aliphatic hydroxyl groups excluding tert-OH is 2. The van der Waals surface area contributed by atoms with Gasteiger partial charge in [-0.25, -0.2) is 0 Å². The Hall–Kier alpha value is -0.630. The quantitative estimate of drug-likeness (QED) is 0.518. The standard InChI is InChI=1S/C11H22N2O2/c1-11(2,9-12)5-3-4-6-13-7-10(15)8-14/h10,13-15H,3-8H2,1-2H3. The summed E-state index contributed by atoms with van der Waals surface area (Å²) in [4.78, 5) is 0. The molecule has 0 saturated carbocycles. The van der Waals surface area contributed by atoms with Crippen LogP contribution in [0.5, 0.6) is 0 Å². The maximum Gasteiger partial charge on any atom is 0.0894 e. The summed E-state index contributed by atoms with van der Waals surface area (Å²) in [6, 6.07) is 2.27. The van der Waals surface area contributed by atoms with Crippen molar-refractivity contribution >= 4 is 0 Å². The van der Waals surface area contributed by atoms with E-state index in [4.69, 9.17) is 15.5 Å². The van der Waals surface area contributed by atoms with Gasteiger partial charge in [-0.1, -0.05) is 6.42 Å². The van der Waals surface area contributed by atoms with Gasteiger partial charge in [0.1, 0.15) is 0 Å². The van der Waals surface area contributed by atoms with E-state index in [-0.39, 0.29) is 12.0 Å². The predicted molar refractivity (Wildman–Crippen MR) is 59.2 cm³/mol. The third kappa shape index (κ3) is 8.37. The first-order chi connectivity index (χ1) is 7.02. The fraction of sp³-hybridized carbons (Fsp3) is 0.909. The SMILES string of the molecule is CC(C)(C#N)CCCCNCC(O)CO. The topological polar surface area (TPSA) is 76.3 Å². The summed E-state index contributed by atoms with van der Waals surface area (Å²) in [6.45, 7) is 4.93. The van der Waals surface area contributed by atoms with Crippen molar-refractivity contribution < 1.29 is 10.2 Å². The third-order valence-electron chi connectivity index (χ3n) is 2.30. The molecule has 15 heavy (non-hydrogen) atoms. The van der Waals surface area contributed by atoms with Gasteiger partial charge >= 0.3 is 0 Å². The van der Waals surface area contributed by atoms with Crippen molar-refractivity contribution in [3.05, 3.63) is 0 Å². The molecule has 1 atom stereocenters. The Balaban J connectivity index is 3.30. The lowest BCUT2D eigenvalue weighted by atomic mass is 9.89. The summed E-state index contributed by atoms with van der Waals surface area (Å²) in [5.41, 5.74) is -0.232. The molecule has 1 unspecified atom stereocenters. The summed E-state index contributed by atoms with van der Waals surface area (Å²) >= 11 is 0. The first-order valence-corrected chi connectivity index (χ1v) is 5.43. The molecule has 0 bridgehead atoms. The Kier molecular flexibility index (Phi) is 7.31. The first-order valence-electron chi connectivity index (χ1n) is 5.43. The van der Waals surface area contributed by atoms with Crippen LogP contribution in [0.15, 0.2) is 0 Å². The zero-order valence-electron chi connectivity index (χ0n) is 9.66. The van der Waals surface area contributed by atoms with E-state index >= 15 is 0 Å². The van der Waals surface area contributed by atoms with Crippen molar-refractivity contribution in [2.45, 2.75) is 39.2 Å². The van der Waals surface area contributed by atoms with E-state index in [2.05, 4.69) is 11.4 Å². The van der Waals surface area contributed by atoms with Gasteiger partial charge < -0.3 is 15.5 Å². The highest BCUT2D eigenvalue weighted by molar-refractivity contribution is 4.91. The highest BCUT2D eigenvalue weighted by Gasteiger charge is 2.15. The zero-order chi connectivity index (χ0) is 11.7. The van der Waals surface area contributed by atoms with Crippen LogP contribution in [0.1, 0.15) is 33.1 Å². The van der Waals surface area contributed by atoms with Gasteiger partial charge in [0, 0.05) is 6.54 Å². The van der Waals surface area contributed by atoms with Crippen LogP contribution >= 0.6 is 0 Å². The van der Waals surface area contributed by atoms with Crippen LogP contribution in [0.3, 0.4) is 0 Å². The Morgan fingerprint density at radius 2 is 2.07 bits per heavy atom. The number of hydrogen-bond donors (Lipinski definition) is 3. The second-order valence-corrected chi connectivity index (χ2v) is 4.49. The monoisotopic (exact) mass is 214 g/mol. The van der Waals surface area contributed by atoms with E-state index in [1.165, 1.54) is 0 Å². The summed E-state index contributed by atoms with van der Waals surface area (Å²) in [5, 5.41) is 29.4. The number of hydrogen-bond acceptors (Lipinski definition) is 4. The van der Waals surface area contributed by atoms with Gasteiger partial charge in [-0.3, -0.25) is 0 Å². The lowest BCUT2D eigenvalue weighted by Gasteiger charge is -2.14. The Bertz CT molecular complexity index is 199. The number of nitriles is 1. The number of nitrogens with one attached hydrogen (secondary N) is 1. The third-order valence-corrected chi connectivity index (χ3v) is 2.30. The average molecular weight is 214 g/mol. The van der Waals surface area contributed by atoms with Crippen molar-refractivity contribution in [3.8, 4) is 6.07 Å². The molecule has 0 aliphatic rings. The minimum atomic E-state index is -0.666. The predicted octanol–water partition coefficient (Wildman–Crippen LogP) is 0.649. The normalized spacial score (nSPS) is 13.5. The summed E-state index contributed by atoms with van der Waals surface area (Å²) < 4.78 is 0. The highest BCUT2D eigenvalue weighted by atomic mass is 16.3. The second-order valence-electron chi connectivity index (χ2n) is 4.49. The van der Waals surface area contributed by atoms with Crippen molar-refractivity contribution in [3.63, 3.8) is 0 Å². The molecule has 0 aliphatic heterocycles. The fourth-order valence-electron chi connectivity index (χ4n) is 1.21. The van der Waals surface area contributed by atoms with Crippen LogP contribution in [-0.2, 0) is 0 Å². The largest absolute Gasteiger partial charge is 0.394 e. The van der Waals surface area contributed by atoms with Crippen LogP contribution in [0.4, 0.5) is 0 Å².